The van der Waals surface area contributed by atoms with Gasteiger partial charge < -0.3 is 0 Å². The van der Waals surface area contributed by atoms with Crippen LogP contribution in [0.1, 0.15) is 19.3 Å². The van der Waals surface area contributed by atoms with Crippen LogP contribution in [0.25, 0.3) is 0 Å². The Morgan fingerprint density at radius 1 is 1.25 bits per heavy atom. The van der Waals surface area contributed by atoms with E-state index in [0.29, 0.717) is 0 Å². The minimum absolute atomic E-state index is 0.136. The molecule has 0 nitrogen and oxygen atoms in total. The molecule has 3 heteroatoms. The third-order valence-electron chi connectivity index (χ3n) is 1.03. The molecule has 0 aliphatic carbocycles. The molecule has 0 amide bonds. The lowest BCUT2D eigenvalue weighted by Crippen LogP contribution is -1.85. The molecule has 0 unspecified atom stereocenters. The molecule has 0 spiro atoms. The summed E-state index contributed by atoms with van der Waals surface area (Å²) in [5.41, 5.74) is 0. The van der Waals surface area contributed by atoms with Crippen LogP contribution in [0.15, 0.2) is 0 Å². The van der Waals surface area contributed by atoms with Crippen molar-refractivity contribution in [2.45, 2.75) is 30.1 Å². The summed E-state index contributed by atoms with van der Waals surface area (Å²) in [7, 11) is 1.31. The summed E-state index contributed by atoms with van der Waals surface area (Å²) in [6, 6.07) is 1.38. The number of alkyl halides is 2. The van der Waals surface area contributed by atoms with Gasteiger partial charge in [-0.15, -0.1) is 23.2 Å². The van der Waals surface area contributed by atoms with Crippen molar-refractivity contribution in [1.82, 2.24) is 0 Å². The van der Waals surface area contributed by atoms with Gasteiger partial charge in [-0.3, -0.25) is 0 Å². The highest BCUT2D eigenvalue weighted by molar-refractivity contribution is 6.44. The summed E-state index contributed by atoms with van der Waals surface area (Å²) in [5, 5.41) is 0. The standard InChI is InChI=1S/C5H12Cl2Si/c6-5(7)3-1-2-4-8/h5H,1-4H2,8H3. The third-order valence-corrected chi connectivity index (χ3v) is 2.17. The van der Waals surface area contributed by atoms with E-state index in [1.807, 2.05) is 0 Å². The maximum atomic E-state index is 5.49. The second kappa shape index (κ2) is 5.93. The van der Waals surface area contributed by atoms with Crippen molar-refractivity contribution in [2.75, 3.05) is 0 Å². The fraction of sp³-hybridized carbons (Fsp3) is 1.00. The van der Waals surface area contributed by atoms with Gasteiger partial charge in [-0.1, -0.05) is 18.9 Å². The molecule has 0 aromatic carbocycles. The predicted octanol–water partition coefficient (Wildman–Crippen LogP) is 1.74. The molecular weight excluding hydrogens is 159 g/mol. The lowest BCUT2D eigenvalue weighted by molar-refractivity contribution is 0.756. The van der Waals surface area contributed by atoms with Crippen LogP contribution in [0.3, 0.4) is 0 Å². The summed E-state index contributed by atoms with van der Waals surface area (Å²) in [4.78, 5) is -0.136. The van der Waals surface area contributed by atoms with Crippen molar-refractivity contribution in [3.05, 3.63) is 0 Å². The SMILES string of the molecule is [SiH3]CCCCC(Cl)Cl. The van der Waals surface area contributed by atoms with Crippen molar-refractivity contribution in [1.29, 1.82) is 0 Å². The predicted molar refractivity (Wildman–Crippen MR) is 44.1 cm³/mol. The molecule has 0 saturated carbocycles. The Hall–Kier alpha value is 0.797. The van der Waals surface area contributed by atoms with Crippen LogP contribution in [0, 0.1) is 0 Å². The van der Waals surface area contributed by atoms with E-state index in [4.69, 9.17) is 23.2 Å². The van der Waals surface area contributed by atoms with Crippen molar-refractivity contribution in [3.63, 3.8) is 0 Å². The van der Waals surface area contributed by atoms with Crippen molar-refractivity contribution in [2.24, 2.45) is 0 Å². The molecule has 0 radical (unpaired) electrons. The van der Waals surface area contributed by atoms with Crippen molar-refractivity contribution in [3.8, 4) is 0 Å². The molecule has 0 bridgehead atoms. The van der Waals surface area contributed by atoms with E-state index >= 15 is 0 Å². The molecule has 0 rings (SSSR count). The van der Waals surface area contributed by atoms with E-state index in [-0.39, 0.29) is 4.84 Å². The molecule has 0 aliphatic heterocycles. The van der Waals surface area contributed by atoms with Gasteiger partial charge in [0.25, 0.3) is 0 Å². The number of unbranched alkanes of at least 4 members (excludes halogenated alkanes) is 1. The average molecular weight is 171 g/mol. The Bertz CT molecular complexity index is 47.7. The zero-order valence-corrected chi connectivity index (χ0v) is 8.67. The molecule has 8 heavy (non-hydrogen) atoms. The van der Waals surface area contributed by atoms with Crippen LogP contribution >= 0.6 is 23.2 Å². The van der Waals surface area contributed by atoms with Crippen LogP contribution in [0.4, 0.5) is 0 Å². The highest BCUT2D eigenvalue weighted by Crippen LogP contribution is 2.11. The summed E-state index contributed by atoms with van der Waals surface area (Å²) in [5.74, 6) is 0. The highest BCUT2D eigenvalue weighted by Gasteiger charge is 1.95. The maximum Gasteiger partial charge on any atom is 0.107 e. The van der Waals surface area contributed by atoms with E-state index in [1.165, 1.54) is 29.1 Å². The second-order valence-corrected chi connectivity index (χ2v) is 4.16. The first kappa shape index (κ1) is 8.80. The lowest BCUT2D eigenvalue weighted by Gasteiger charge is -1.96. The minimum atomic E-state index is -0.136. The largest absolute Gasteiger partial charge is 0.107 e. The molecular formula is C5H12Cl2Si. The average Bonchev–Trinajstić information content (AvgIpc) is 1.66. The van der Waals surface area contributed by atoms with E-state index in [2.05, 4.69) is 0 Å². The second-order valence-electron chi connectivity index (χ2n) is 1.89. The van der Waals surface area contributed by atoms with Gasteiger partial charge in [0.2, 0.25) is 0 Å². The number of hydrogen-bond acceptors (Lipinski definition) is 0. The van der Waals surface area contributed by atoms with Crippen LogP contribution in [0.5, 0.6) is 0 Å². The first-order valence-corrected chi connectivity index (χ1v) is 5.34. The summed E-state index contributed by atoms with van der Waals surface area (Å²) < 4.78 is 0. The number of rotatable bonds is 4. The van der Waals surface area contributed by atoms with Crippen molar-refractivity contribution >= 4 is 33.4 Å². The molecule has 0 N–H and O–H groups in total. The minimum Gasteiger partial charge on any atom is -0.105 e. The Morgan fingerprint density at radius 3 is 2.25 bits per heavy atom. The first-order valence-electron chi connectivity index (χ1n) is 3.05. The number of hydrogen-bond donors (Lipinski definition) is 0. The Balaban J connectivity index is 2.72. The van der Waals surface area contributed by atoms with Crippen LogP contribution in [0.2, 0.25) is 6.04 Å². The molecule has 0 aliphatic rings. The number of halogens is 2. The fourth-order valence-corrected chi connectivity index (χ4v) is 1.36. The van der Waals surface area contributed by atoms with E-state index in [1.54, 1.807) is 0 Å². The van der Waals surface area contributed by atoms with Gasteiger partial charge in [0.1, 0.15) is 4.84 Å². The Labute approximate surface area is 64.0 Å². The molecule has 0 atom stereocenters. The zero-order chi connectivity index (χ0) is 6.41. The van der Waals surface area contributed by atoms with Gasteiger partial charge >= 0.3 is 0 Å². The van der Waals surface area contributed by atoms with E-state index in [0.717, 1.165) is 6.42 Å². The molecule has 0 aromatic heterocycles. The molecule has 0 aromatic rings. The summed E-state index contributed by atoms with van der Waals surface area (Å²) >= 11 is 11.0. The molecule has 0 heterocycles. The fourth-order valence-electron chi connectivity index (χ4n) is 0.549. The van der Waals surface area contributed by atoms with Crippen LogP contribution in [-0.2, 0) is 0 Å². The van der Waals surface area contributed by atoms with Crippen LogP contribution in [-0.4, -0.2) is 15.1 Å². The summed E-state index contributed by atoms with van der Waals surface area (Å²) in [6.07, 6.45) is 3.47. The monoisotopic (exact) mass is 170 g/mol. The quantitative estimate of drug-likeness (QED) is 0.343. The smallest absolute Gasteiger partial charge is 0.105 e. The van der Waals surface area contributed by atoms with Crippen LogP contribution < -0.4 is 0 Å². The zero-order valence-electron chi connectivity index (χ0n) is 5.16. The van der Waals surface area contributed by atoms with Gasteiger partial charge in [0, 0.05) is 10.2 Å². The first-order chi connectivity index (χ1) is 3.77. The molecule has 0 fully saturated rings. The van der Waals surface area contributed by atoms with Crippen molar-refractivity contribution < 1.29 is 0 Å². The molecule has 50 valence electrons. The highest BCUT2D eigenvalue weighted by atomic mass is 35.5. The van der Waals surface area contributed by atoms with Gasteiger partial charge in [-0.05, 0) is 6.42 Å². The van der Waals surface area contributed by atoms with E-state index < -0.39 is 0 Å². The summed E-state index contributed by atoms with van der Waals surface area (Å²) in [6.45, 7) is 0. The van der Waals surface area contributed by atoms with Gasteiger partial charge in [-0.2, -0.15) is 0 Å². The van der Waals surface area contributed by atoms with E-state index in [9.17, 15) is 0 Å². The third kappa shape index (κ3) is 6.80. The normalized spacial score (nSPS) is 10.9. The molecule has 0 saturated heterocycles. The van der Waals surface area contributed by atoms with Gasteiger partial charge in [0.15, 0.2) is 0 Å². The Kier molecular flexibility index (Phi) is 6.52. The van der Waals surface area contributed by atoms with Gasteiger partial charge in [-0.25, -0.2) is 0 Å². The lowest BCUT2D eigenvalue weighted by atomic mass is 10.3. The Morgan fingerprint density at radius 2 is 1.88 bits per heavy atom. The van der Waals surface area contributed by atoms with Gasteiger partial charge in [0.05, 0.1) is 0 Å². The topological polar surface area (TPSA) is 0 Å². The maximum absolute atomic E-state index is 5.49.